The highest BCUT2D eigenvalue weighted by molar-refractivity contribution is 5.80. The molecule has 2 saturated heterocycles. The van der Waals surface area contributed by atoms with E-state index in [1.165, 1.54) is 0 Å². The van der Waals surface area contributed by atoms with Gasteiger partial charge in [-0.05, 0) is 31.9 Å². The van der Waals surface area contributed by atoms with Gasteiger partial charge in [0.25, 0.3) is 0 Å². The minimum Gasteiger partial charge on any atom is -0.375 e. The molecule has 27 heavy (non-hydrogen) atoms. The van der Waals surface area contributed by atoms with Crippen molar-refractivity contribution < 1.29 is 9.47 Å². The summed E-state index contributed by atoms with van der Waals surface area (Å²) in [6.07, 6.45) is 7.54. The van der Waals surface area contributed by atoms with Gasteiger partial charge < -0.3 is 24.1 Å². The molecule has 0 amide bonds. The van der Waals surface area contributed by atoms with Crippen LogP contribution in [0.2, 0.25) is 0 Å². The Kier molecular flexibility index (Phi) is 5.89. The number of pyridine rings is 1. The fourth-order valence-electron chi connectivity index (χ4n) is 3.80. The smallest absolute Gasteiger partial charge is 0.194 e. The van der Waals surface area contributed by atoms with E-state index in [-0.39, 0.29) is 12.2 Å². The van der Waals surface area contributed by atoms with E-state index < -0.39 is 0 Å². The van der Waals surface area contributed by atoms with Crippen LogP contribution in [0.1, 0.15) is 25.5 Å². The molecule has 2 fully saturated rings. The molecular weight excluding hydrogens is 342 g/mol. The molecule has 2 aromatic rings. The van der Waals surface area contributed by atoms with Gasteiger partial charge in [0.15, 0.2) is 5.96 Å². The number of imidazole rings is 1. The Bertz CT molecular complexity index is 736. The van der Waals surface area contributed by atoms with E-state index in [9.17, 15) is 0 Å². The van der Waals surface area contributed by atoms with Gasteiger partial charge in [0, 0.05) is 51.6 Å². The summed E-state index contributed by atoms with van der Waals surface area (Å²) in [5.41, 5.74) is 2.05. The molecule has 0 spiro atoms. The molecule has 1 N–H and O–H groups in total. The molecule has 2 aliphatic rings. The molecule has 2 aromatic heterocycles. The van der Waals surface area contributed by atoms with Crippen LogP contribution in [0.3, 0.4) is 0 Å². The summed E-state index contributed by atoms with van der Waals surface area (Å²) in [6.45, 7) is 6.96. The van der Waals surface area contributed by atoms with Crippen molar-refractivity contribution in [2.75, 3.05) is 39.4 Å². The lowest BCUT2D eigenvalue weighted by Gasteiger charge is -2.37. The highest BCUT2D eigenvalue weighted by atomic mass is 16.5. The van der Waals surface area contributed by atoms with Crippen LogP contribution in [0.15, 0.2) is 35.6 Å². The summed E-state index contributed by atoms with van der Waals surface area (Å²) in [5.74, 6) is 0.965. The second kappa shape index (κ2) is 8.71. The van der Waals surface area contributed by atoms with Gasteiger partial charge in [-0.3, -0.25) is 4.99 Å². The van der Waals surface area contributed by atoms with Crippen LogP contribution in [0, 0.1) is 0 Å². The third kappa shape index (κ3) is 4.42. The number of fused-ring (bicyclic) bond motifs is 1. The first-order valence-corrected chi connectivity index (χ1v) is 10.0. The first-order chi connectivity index (χ1) is 13.3. The average molecular weight is 371 g/mol. The topological polar surface area (TPSA) is 63.4 Å². The van der Waals surface area contributed by atoms with E-state index in [1.54, 1.807) is 0 Å². The fourth-order valence-corrected chi connectivity index (χ4v) is 3.80. The largest absolute Gasteiger partial charge is 0.375 e. The van der Waals surface area contributed by atoms with Crippen LogP contribution in [-0.4, -0.2) is 71.8 Å². The SMILES string of the molecule is CCNC(=NCCc1cn2ccccc2n1)N1CCOC(C2CCCO2)C1. The van der Waals surface area contributed by atoms with Gasteiger partial charge in [0.05, 0.1) is 18.4 Å². The van der Waals surface area contributed by atoms with Crippen molar-refractivity contribution in [1.29, 1.82) is 0 Å². The second-order valence-electron chi connectivity index (χ2n) is 7.09. The Labute approximate surface area is 160 Å². The van der Waals surface area contributed by atoms with Crippen LogP contribution in [0.5, 0.6) is 0 Å². The quantitative estimate of drug-likeness (QED) is 0.641. The summed E-state index contributed by atoms with van der Waals surface area (Å²) < 4.78 is 13.8. The Morgan fingerprint density at radius 3 is 3.04 bits per heavy atom. The maximum absolute atomic E-state index is 5.97. The molecule has 146 valence electrons. The van der Waals surface area contributed by atoms with Crippen molar-refractivity contribution in [3.8, 4) is 0 Å². The number of aliphatic imine (C=N–C) groups is 1. The Hall–Kier alpha value is -2.12. The average Bonchev–Trinajstić information content (AvgIpc) is 3.37. The lowest BCUT2D eigenvalue weighted by Crippen LogP contribution is -2.53. The van der Waals surface area contributed by atoms with Crippen LogP contribution in [-0.2, 0) is 15.9 Å². The minimum atomic E-state index is 0.142. The molecule has 0 saturated carbocycles. The maximum Gasteiger partial charge on any atom is 0.194 e. The zero-order valence-electron chi connectivity index (χ0n) is 16.0. The summed E-state index contributed by atoms with van der Waals surface area (Å²) in [5, 5.41) is 3.43. The van der Waals surface area contributed by atoms with Crippen molar-refractivity contribution in [2.24, 2.45) is 4.99 Å². The predicted molar refractivity (Wildman–Crippen MR) is 105 cm³/mol. The van der Waals surface area contributed by atoms with Gasteiger partial charge in [0.1, 0.15) is 11.8 Å². The maximum atomic E-state index is 5.97. The standard InChI is InChI=1S/C20H29N5O2/c1-2-21-20(25-11-13-27-18(15-25)17-6-5-12-26-17)22-9-8-16-14-24-10-4-3-7-19(24)23-16/h3-4,7,10,14,17-18H,2,5-6,8-9,11-13,15H2,1H3,(H,21,22). The van der Waals surface area contributed by atoms with E-state index in [2.05, 4.69) is 32.7 Å². The number of morpholine rings is 1. The Balaban J connectivity index is 1.38. The second-order valence-corrected chi connectivity index (χ2v) is 7.09. The first-order valence-electron chi connectivity index (χ1n) is 10.0. The molecular formula is C20H29N5O2. The number of nitrogens with zero attached hydrogens (tertiary/aromatic N) is 4. The van der Waals surface area contributed by atoms with Gasteiger partial charge in [-0.25, -0.2) is 4.98 Å². The molecule has 2 aliphatic heterocycles. The van der Waals surface area contributed by atoms with Crippen LogP contribution in [0.25, 0.3) is 5.65 Å². The number of guanidine groups is 1. The van der Waals surface area contributed by atoms with Gasteiger partial charge in [0.2, 0.25) is 0 Å². The summed E-state index contributed by atoms with van der Waals surface area (Å²) in [7, 11) is 0. The third-order valence-corrected chi connectivity index (χ3v) is 5.15. The highest BCUT2D eigenvalue weighted by Crippen LogP contribution is 2.21. The van der Waals surface area contributed by atoms with Gasteiger partial charge in [-0.2, -0.15) is 0 Å². The monoisotopic (exact) mass is 371 g/mol. The summed E-state index contributed by atoms with van der Waals surface area (Å²) >= 11 is 0. The van der Waals surface area contributed by atoms with Crippen molar-refractivity contribution in [2.45, 2.75) is 38.4 Å². The number of ether oxygens (including phenoxy) is 2. The summed E-state index contributed by atoms with van der Waals surface area (Å²) in [4.78, 5) is 11.8. The van der Waals surface area contributed by atoms with Crippen molar-refractivity contribution in [3.63, 3.8) is 0 Å². The van der Waals surface area contributed by atoms with Crippen molar-refractivity contribution in [1.82, 2.24) is 19.6 Å². The van der Waals surface area contributed by atoms with E-state index >= 15 is 0 Å². The zero-order valence-corrected chi connectivity index (χ0v) is 16.0. The van der Waals surface area contributed by atoms with E-state index in [0.717, 1.165) is 69.4 Å². The molecule has 7 heteroatoms. The molecule has 4 rings (SSSR count). The Morgan fingerprint density at radius 1 is 1.30 bits per heavy atom. The number of rotatable bonds is 5. The lowest BCUT2D eigenvalue weighted by molar-refractivity contribution is -0.0817. The first kappa shape index (κ1) is 18.3. The molecule has 4 heterocycles. The van der Waals surface area contributed by atoms with Crippen LogP contribution in [0.4, 0.5) is 0 Å². The predicted octanol–water partition coefficient (Wildman–Crippen LogP) is 1.72. The molecule has 0 bridgehead atoms. The molecule has 0 aromatic carbocycles. The van der Waals surface area contributed by atoms with E-state index in [0.29, 0.717) is 6.54 Å². The molecule has 7 nitrogen and oxygen atoms in total. The number of nitrogens with one attached hydrogen (secondary N) is 1. The number of hydrogen-bond acceptors (Lipinski definition) is 4. The van der Waals surface area contributed by atoms with Crippen LogP contribution < -0.4 is 5.32 Å². The van der Waals surface area contributed by atoms with Crippen molar-refractivity contribution in [3.05, 3.63) is 36.3 Å². The van der Waals surface area contributed by atoms with Crippen molar-refractivity contribution >= 4 is 11.6 Å². The molecule has 2 atom stereocenters. The van der Waals surface area contributed by atoms with Crippen LogP contribution >= 0.6 is 0 Å². The van der Waals surface area contributed by atoms with Gasteiger partial charge in [-0.1, -0.05) is 6.07 Å². The minimum absolute atomic E-state index is 0.142. The number of aromatic nitrogens is 2. The molecule has 0 radical (unpaired) electrons. The van der Waals surface area contributed by atoms with E-state index in [4.69, 9.17) is 14.5 Å². The number of hydrogen-bond donors (Lipinski definition) is 1. The lowest BCUT2D eigenvalue weighted by atomic mass is 10.1. The van der Waals surface area contributed by atoms with Gasteiger partial charge in [-0.15, -0.1) is 0 Å². The normalized spacial score (nSPS) is 23.9. The highest BCUT2D eigenvalue weighted by Gasteiger charge is 2.32. The molecule has 2 unspecified atom stereocenters. The van der Waals surface area contributed by atoms with Gasteiger partial charge >= 0.3 is 0 Å². The fraction of sp³-hybridized carbons (Fsp3) is 0.600. The third-order valence-electron chi connectivity index (χ3n) is 5.15. The summed E-state index contributed by atoms with van der Waals surface area (Å²) in [6, 6.07) is 6.05. The zero-order chi connectivity index (χ0) is 18.5. The Morgan fingerprint density at radius 2 is 2.22 bits per heavy atom. The molecule has 0 aliphatic carbocycles. The van der Waals surface area contributed by atoms with E-state index in [1.807, 2.05) is 24.4 Å².